The summed E-state index contributed by atoms with van der Waals surface area (Å²) in [5.74, 6) is -0.425. The molecule has 1 heterocycles. The number of benzene rings is 2. The number of carbonyl (C=O) groups is 2. The van der Waals surface area contributed by atoms with E-state index in [2.05, 4.69) is 24.2 Å². The number of para-hydroxylation sites is 1. The van der Waals surface area contributed by atoms with Crippen molar-refractivity contribution >= 4 is 23.2 Å². The van der Waals surface area contributed by atoms with Gasteiger partial charge < -0.3 is 16.0 Å². The number of fused-ring (bicyclic) bond motifs is 1. The Bertz CT molecular complexity index is 890. The Kier molecular flexibility index (Phi) is 5.90. The fourth-order valence-corrected chi connectivity index (χ4v) is 3.17. The van der Waals surface area contributed by atoms with Gasteiger partial charge in [0.15, 0.2) is 0 Å². The molecule has 0 fully saturated rings. The van der Waals surface area contributed by atoms with Crippen molar-refractivity contribution in [3.63, 3.8) is 0 Å². The average Bonchev–Trinajstić information content (AvgIpc) is 2.79. The summed E-state index contributed by atoms with van der Waals surface area (Å²) in [6, 6.07) is 16.7. The SMILES string of the molecule is CC(C)CN1C(=O)C(NC(=O)[C@H](C)N)N=C(c2ccccc2)c2ccccc21. The quantitative estimate of drug-likeness (QED) is 0.837. The first kappa shape index (κ1) is 19.8. The topological polar surface area (TPSA) is 87.8 Å². The fraction of sp³-hybridized carbons (Fsp3) is 0.318. The third-order valence-electron chi connectivity index (χ3n) is 4.50. The van der Waals surface area contributed by atoms with Crippen LogP contribution in [0.15, 0.2) is 59.6 Å². The minimum absolute atomic E-state index is 0.250. The van der Waals surface area contributed by atoms with Gasteiger partial charge in [0.25, 0.3) is 5.91 Å². The van der Waals surface area contributed by atoms with Crippen LogP contribution in [0.2, 0.25) is 0 Å². The molecular formula is C22H26N4O2. The van der Waals surface area contributed by atoms with Gasteiger partial charge in [-0.1, -0.05) is 62.4 Å². The number of nitrogens with two attached hydrogens (primary N) is 1. The van der Waals surface area contributed by atoms with Crippen molar-refractivity contribution in [1.82, 2.24) is 5.32 Å². The Balaban J connectivity index is 2.16. The summed E-state index contributed by atoms with van der Waals surface area (Å²) in [7, 11) is 0. The van der Waals surface area contributed by atoms with Crippen molar-refractivity contribution in [2.45, 2.75) is 33.0 Å². The first-order valence-corrected chi connectivity index (χ1v) is 9.48. The maximum Gasteiger partial charge on any atom is 0.272 e. The van der Waals surface area contributed by atoms with E-state index in [4.69, 9.17) is 5.73 Å². The van der Waals surface area contributed by atoms with E-state index in [9.17, 15) is 9.59 Å². The van der Waals surface area contributed by atoms with Gasteiger partial charge >= 0.3 is 0 Å². The molecule has 0 bridgehead atoms. The van der Waals surface area contributed by atoms with Gasteiger partial charge in [0, 0.05) is 17.7 Å². The van der Waals surface area contributed by atoms with E-state index in [1.807, 2.05) is 54.6 Å². The number of nitrogens with zero attached hydrogens (tertiary/aromatic N) is 2. The highest BCUT2D eigenvalue weighted by molar-refractivity contribution is 6.20. The molecule has 0 aliphatic carbocycles. The predicted molar refractivity (Wildman–Crippen MR) is 111 cm³/mol. The van der Waals surface area contributed by atoms with Crippen LogP contribution < -0.4 is 16.0 Å². The standard InChI is InChI=1S/C22H26N4O2/c1-14(2)13-26-18-12-8-7-11-17(18)19(16-9-5-4-6-10-16)24-20(22(26)28)25-21(27)15(3)23/h4-12,14-15,20H,13,23H2,1-3H3,(H,25,27)/t15-,20?/m0/s1. The highest BCUT2D eigenvalue weighted by Gasteiger charge is 2.33. The smallest absolute Gasteiger partial charge is 0.272 e. The molecule has 3 N–H and O–H groups in total. The van der Waals surface area contributed by atoms with Gasteiger partial charge in [0.1, 0.15) is 0 Å². The number of carbonyl (C=O) groups excluding carboxylic acids is 2. The molecule has 0 aromatic heterocycles. The lowest BCUT2D eigenvalue weighted by molar-refractivity contribution is -0.127. The van der Waals surface area contributed by atoms with Crippen molar-refractivity contribution in [3.05, 3.63) is 65.7 Å². The number of hydrogen-bond acceptors (Lipinski definition) is 4. The molecule has 6 heteroatoms. The van der Waals surface area contributed by atoms with Crippen LogP contribution in [0, 0.1) is 5.92 Å². The van der Waals surface area contributed by atoms with Crippen LogP contribution in [0.25, 0.3) is 0 Å². The van der Waals surface area contributed by atoms with Crippen molar-refractivity contribution in [3.8, 4) is 0 Å². The van der Waals surface area contributed by atoms with Gasteiger partial charge in [-0.25, -0.2) is 4.99 Å². The molecule has 2 aromatic carbocycles. The van der Waals surface area contributed by atoms with Gasteiger partial charge in [-0.05, 0) is 18.9 Å². The van der Waals surface area contributed by atoms with Gasteiger partial charge in [0.05, 0.1) is 17.4 Å². The summed E-state index contributed by atoms with van der Waals surface area (Å²) in [4.78, 5) is 32.0. The summed E-state index contributed by atoms with van der Waals surface area (Å²) in [5, 5.41) is 2.70. The molecule has 1 unspecified atom stereocenters. The second-order valence-corrected chi connectivity index (χ2v) is 7.40. The Morgan fingerprint density at radius 3 is 2.39 bits per heavy atom. The third-order valence-corrected chi connectivity index (χ3v) is 4.50. The summed E-state index contributed by atoms with van der Waals surface area (Å²) in [6.07, 6.45) is -1.03. The van der Waals surface area contributed by atoms with Crippen LogP contribution in [0.3, 0.4) is 0 Å². The molecule has 0 radical (unpaired) electrons. The van der Waals surface area contributed by atoms with Crippen molar-refractivity contribution in [2.75, 3.05) is 11.4 Å². The number of amides is 2. The zero-order valence-electron chi connectivity index (χ0n) is 16.4. The van der Waals surface area contributed by atoms with Crippen LogP contribution in [0.5, 0.6) is 0 Å². The van der Waals surface area contributed by atoms with Crippen LogP contribution in [0.1, 0.15) is 31.9 Å². The second-order valence-electron chi connectivity index (χ2n) is 7.40. The number of benzodiazepines with no additional fused rings is 1. The van der Waals surface area contributed by atoms with Gasteiger partial charge in [-0.3, -0.25) is 9.59 Å². The normalized spacial score (nSPS) is 17.6. The summed E-state index contributed by atoms with van der Waals surface area (Å²) >= 11 is 0. The third kappa shape index (κ3) is 4.12. The van der Waals surface area contributed by atoms with Gasteiger partial charge in [-0.15, -0.1) is 0 Å². The molecule has 0 saturated carbocycles. The minimum atomic E-state index is -1.03. The van der Waals surface area contributed by atoms with E-state index in [1.165, 1.54) is 0 Å². The van der Waals surface area contributed by atoms with Crippen molar-refractivity contribution < 1.29 is 9.59 Å². The van der Waals surface area contributed by atoms with Gasteiger partial charge in [0.2, 0.25) is 12.1 Å². The zero-order valence-corrected chi connectivity index (χ0v) is 16.4. The number of hydrogen-bond donors (Lipinski definition) is 2. The Hall–Kier alpha value is -2.99. The lowest BCUT2D eigenvalue weighted by Gasteiger charge is -2.27. The minimum Gasteiger partial charge on any atom is -0.325 e. The molecule has 0 saturated heterocycles. The van der Waals surface area contributed by atoms with Gasteiger partial charge in [-0.2, -0.15) is 0 Å². The average molecular weight is 378 g/mol. The lowest BCUT2D eigenvalue weighted by Crippen LogP contribution is -2.51. The molecule has 1 aliphatic rings. The van der Waals surface area contributed by atoms with E-state index in [0.717, 1.165) is 16.8 Å². The molecule has 3 rings (SSSR count). The maximum atomic E-state index is 13.3. The zero-order chi connectivity index (χ0) is 20.3. The Morgan fingerprint density at radius 2 is 1.75 bits per heavy atom. The molecule has 1 aliphatic heterocycles. The Morgan fingerprint density at radius 1 is 1.11 bits per heavy atom. The van der Waals surface area contributed by atoms with Crippen molar-refractivity contribution in [1.29, 1.82) is 0 Å². The van der Waals surface area contributed by atoms with Crippen LogP contribution >= 0.6 is 0 Å². The molecular weight excluding hydrogens is 352 g/mol. The van der Waals surface area contributed by atoms with E-state index < -0.39 is 18.1 Å². The molecule has 0 spiro atoms. The van der Waals surface area contributed by atoms with E-state index in [0.29, 0.717) is 12.3 Å². The number of anilines is 1. The molecule has 28 heavy (non-hydrogen) atoms. The second kappa shape index (κ2) is 8.35. The highest BCUT2D eigenvalue weighted by Crippen LogP contribution is 2.28. The molecule has 2 aromatic rings. The largest absolute Gasteiger partial charge is 0.325 e. The molecule has 6 nitrogen and oxygen atoms in total. The maximum absolute atomic E-state index is 13.3. The van der Waals surface area contributed by atoms with Crippen LogP contribution in [-0.4, -0.2) is 36.3 Å². The number of nitrogens with one attached hydrogen (secondary N) is 1. The van der Waals surface area contributed by atoms with E-state index >= 15 is 0 Å². The number of aliphatic imine (C=N–C) groups is 1. The monoisotopic (exact) mass is 378 g/mol. The van der Waals surface area contributed by atoms with E-state index in [1.54, 1.807) is 11.8 Å². The van der Waals surface area contributed by atoms with Crippen LogP contribution in [0.4, 0.5) is 5.69 Å². The first-order chi connectivity index (χ1) is 13.4. The summed E-state index contributed by atoms with van der Waals surface area (Å²) in [6.45, 7) is 6.21. The lowest BCUT2D eigenvalue weighted by atomic mass is 10.00. The van der Waals surface area contributed by atoms with Crippen molar-refractivity contribution in [2.24, 2.45) is 16.6 Å². The molecule has 146 valence electrons. The van der Waals surface area contributed by atoms with E-state index in [-0.39, 0.29) is 11.8 Å². The fourth-order valence-electron chi connectivity index (χ4n) is 3.17. The summed E-state index contributed by atoms with van der Waals surface area (Å²) < 4.78 is 0. The van der Waals surface area contributed by atoms with Crippen LogP contribution in [-0.2, 0) is 9.59 Å². The molecule has 2 amide bonds. The number of rotatable bonds is 5. The highest BCUT2D eigenvalue weighted by atomic mass is 16.2. The first-order valence-electron chi connectivity index (χ1n) is 9.48. The molecule has 2 atom stereocenters. The Labute approximate surface area is 165 Å². The predicted octanol–water partition coefficient (Wildman–Crippen LogP) is 2.32. The summed E-state index contributed by atoms with van der Waals surface area (Å²) in [5.41, 5.74) is 8.91.